The third-order valence-electron chi connectivity index (χ3n) is 4.26. The van der Waals surface area contributed by atoms with E-state index in [1.165, 1.54) is 0 Å². The first kappa shape index (κ1) is 22.6. The fourth-order valence-corrected chi connectivity index (χ4v) is 3.57. The Morgan fingerprint density at radius 3 is 2.84 bits per heavy atom. The summed E-state index contributed by atoms with van der Waals surface area (Å²) in [5, 5.41) is 19.3. The molecule has 1 aromatic heterocycles. The van der Waals surface area contributed by atoms with Gasteiger partial charge in [-0.15, -0.1) is 35.3 Å². The van der Waals surface area contributed by atoms with E-state index in [-0.39, 0.29) is 36.0 Å². The van der Waals surface area contributed by atoms with Crippen LogP contribution >= 0.6 is 35.3 Å². The number of thiazole rings is 1. The standard InChI is InChI=1S/C17H30N4O2S.HI/c1-4-18-16(19-9-14-10-24-15(21-14)13(2)3)20-11-17(5-7-22)6-8-23-12-17;/h10,13,22H,4-9,11-12H2,1-3H3,(H2,18,19,20);1H. The molecule has 0 aromatic carbocycles. The van der Waals surface area contributed by atoms with E-state index >= 15 is 0 Å². The Bertz CT molecular complexity index is 530. The zero-order valence-electron chi connectivity index (χ0n) is 15.4. The number of nitrogens with one attached hydrogen (secondary N) is 2. The summed E-state index contributed by atoms with van der Waals surface area (Å²) in [5.41, 5.74) is 1.02. The van der Waals surface area contributed by atoms with Gasteiger partial charge in [-0.05, 0) is 19.8 Å². The molecule has 3 N–H and O–H groups in total. The van der Waals surface area contributed by atoms with Crippen molar-refractivity contribution in [3.8, 4) is 0 Å². The molecule has 0 aliphatic carbocycles. The molecule has 8 heteroatoms. The van der Waals surface area contributed by atoms with Crippen molar-refractivity contribution in [2.45, 2.75) is 46.1 Å². The largest absolute Gasteiger partial charge is 0.396 e. The van der Waals surface area contributed by atoms with Crippen LogP contribution in [0.4, 0.5) is 0 Å². The monoisotopic (exact) mass is 482 g/mol. The SMILES string of the molecule is CCNC(=NCc1csc(C(C)C)n1)NCC1(CCO)CCOC1.I. The molecule has 0 spiro atoms. The highest BCUT2D eigenvalue weighted by atomic mass is 127. The lowest BCUT2D eigenvalue weighted by molar-refractivity contribution is 0.127. The summed E-state index contributed by atoms with van der Waals surface area (Å²) in [5.74, 6) is 1.25. The highest BCUT2D eigenvalue weighted by molar-refractivity contribution is 14.0. The summed E-state index contributed by atoms with van der Waals surface area (Å²) >= 11 is 1.70. The molecule has 6 nitrogen and oxygen atoms in total. The Labute approximate surface area is 171 Å². The van der Waals surface area contributed by atoms with Crippen LogP contribution in [-0.2, 0) is 11.3 Å². The van der Waals surface area contributed by atoms with E-state index in [1.54, 1.807) is 11.3 Å². The number of ether oxygens (including phenoxy) is 1. The van der Waals surface area contributed by atoms with Crippen LogP contribution in [0.1, 0.15) is 50.2 Å². The highest BCUT2D eigenvalue weighted by Gasteiger charge is 2.34. The van der Waals surface area contributed by atoms with Crippen molar-refractivity contribution >= 4 is 41.3 Å². The molecule has 0 radical (unpaired) electrons. The first-order chi connectivity index (χ1) is 11.6. The maximum atomic E-state index is 9.32. The third-order valence-corrected chi connectivity index (χ3v) is 5.46. The van der Waals surface area contributed by atoms with Crippen LogP contribution in [0, 0.1) is 5.41 Å². The summed E-state index contributed by atoms with van der Waals surface area (Å²) in [7, 11) is 0. The molecule has 2 heterocycles. The first-order valence-electron chi connectivity index (χ1n) is 8.73. The van der Waals surface area contributed by atoms with Gasteiger partial charge in [0.1, 0.15) is 0 Å². The second-order valence-corrected chi connectivity index (χ2v) is 7.55. The van der Waals surface area contributed by atoms with Crippen molar-refractivity contribution in [3.05, 3.63) is 16.1 Å². The first-order valence-corrected chi connectivity index (χ1v) is 9.61. The second-order valence-electron chi connectivity index (χ2n) is 6.66. The highest BCUT2D eigenvalue weighted by Crippen LogP contribution is 2.31. The minimum Gasteiger partial charge on any atom is -0.396 e. The minimum absolute atomic E-state index is 0. The van der Waals surface area contributed by atoms with Gasteiger partial charge >= 0.3 is 0 Å². The van der Waals surface area contributed by atoms with Crippen LogP contribution in [0.3, 0.4) is 0 Å². The predicted molar refractivity (Wildman–Crippen MR) is 114 cm³/mol. The topological polar surface area (TPSA) is 78.8 Å². The summed E-state index contributed by atoms with van der Waals surface area (Å²) in [6.07, 6.45) is 1.73. The second kappa shape index (κ2) is 11.3. The van der Waals surface area contributed by atoms with Crippen molar-refractivity contribution in [2.24, 2.45) is 10.4 Å². The van der Waals surface area contributed by atoms with Crippen LogP contribution in [0.2, 0.25) is 0 Å². The average molecular weight is 482 g/mol. The van der Waals surface area contributed by atoms with Crippen LogP contribution in [0.5, 0.6) is 0 Å². The van der Waals surface area contributed by atoms with Gasteiger partial charge in [-0.3, -0.25) is 0 Å². The van der Waals surface area contributed by atoms with E-state index in [4.69, 9.17) is 4.74 Å². The van der Waals surface area contributed by atoms with Gasteiger partial charge in [0.15, 0.2) is 5.96 Å². The van der Waals surface area contributed by atoms with Gasteiger partial charge in [0, 0.05) is 43.0 Å². The summed E-state index contributed by atoms with van der Waals surface area (Å²) in [6, 6.07) is 0. The van der Waals surface area contributed by atoms with Crippen molar-refractivity contribution < 1.29 is 9.84 Å². The lowest BCUT2D eigenvalue weighted by Crippen LogP contribution is -2.44. The van der Waals surface area contributed by atoms with Crippen LogP contribution < -0.4 is 10.6 Å². The minimum atomic E-state index is 0. The molecule has 1 fully saturated rings. The number of aliphatic hydroxyl groups excluding tert-OH is 1. The smallest absolute Gasteiger partial charge is 0.191 e. The van der Waals surface area contributed by atoms with Crippen molar-refractivity contribution in [2.75, 3.05) is 32.9 Å². The molecule has 0 amide bonds. The average Bonchev–Trinajstić information content (AvgIpc) is 3.20. The van der Waals surface area contributed by atoms with Gasteiger partial charge in [0.05, 0.1) is 23.9 Å². The van der Waals surface area contributed by atoms with Gasteiger partial charge < -0.3 is 20.5 Å². The van der Waals surface area contributed by atoms with E-state index in [1.807, 2.05) is 0 Å². The van der Waals surface area contributed by atoms with Gasteiger partial charge in [-0.25, -0.2) is 9.98 Å². The number of hydrogen-bond acceptors (Lipinski definition) is 5. The number of rotatable bonds is 8. The number of halogens is 1. The summed E-state index contributed by atoms with van der Waals surface area (Å²) in [4.78, 5) is 9.27. The number of nitrogens with zero attached hydrogens (tertiary/aromatic N) is 2. The Kier molecular flexibility index (Phi) is 10.2. The van der Waals surface area contributed by atoms with Gasteiger partial charge in [-0.1, -0.05) is 13.8 Å². The third kappa shape index (κ3) is 6.99. The number of hydrogen-bond donors (Lipinski definition) is 3. The Morgan fingerprint density at radius 1 is 1.48 bits per heavy atom. The molecule has 1 saturated heterocycles. The summed E-state index contributed by atoms with van der Waals surface area (Å²) in [6.45, 7) is 10.2. The van der Waals surface area contributed by atoms with E-state index in [9.17, 15) is 5.11 Å². The van der Waals surface area contributed by atoms with E-state index in [0.29, 0.717) is 19.1 Å². The zero-order chi connectivity index (χ0) is 17.4. The molecule has 25 heavy (non-hydrogen) atoms. The van der Waals surface area contributed by atoms with Crippen molar-refractivity contribution in [3.63, 3.8) is 0 Å². The zero-order valence-corrected chi connectivity index (χ0v) is 18.5. The maximum absolute atomic E-state index is 9.32. The maximum Gasteiger partial charge on any atom is 0.191 e. The molecular weight excluding hydrogens is 451 g/mol. The molecule has 1 atom stereocenters. The predicted octanol–water partition coefficient (Wildman–Crippen LogP) is 2.73. The van der Waals surface area contributed by atoms with Gasteiger partial charge in [-0.2, -0.15) is 0 Å². The Hall–Kier alpha value is -0.450. The Balaban J connectivity index is 0.00000312. The van der Waals surface area contributed by atoms with Crippen molar-refractivity contribution in [1.82, 2.24) is 15.6 Å². The molecule has 0 saturated carbocycles. The number of guanidine groups is 1. The fraction of sp³-hybridized carbons (Fsp3) is 0.765. The Morgan fingerprint density at radius 2 is 2.28 bits per heavy atom. The lowest BCUT2D eigenvalue weighted by Gasteiger charge is -2.27. The van der Waals surface area contributed by atoms with Crippen LogP contribution in [0.25, 0.3) is 0 Å². The molecule has 144 valence electrons. The molecular formula is C17H31IN4O2S. The molecule has 1 aromatic rings. The quantitative estimate of drug-likeness (QED) is 0.302. The van der Waals surface area contributed by atoms with E-state index in [0.717, 1.165) is 49.2 Å². The molecule has 1 unspecified atom stereocenters. The van der Waals surface area contributed by atoms with Crippen molar-refractivity contribution in [1.29, 1.82) is 0 Å². The fourth-order valence-electron chi connectivity index (χ4n) is 2.75. The lowest BCUT2D eigenvalue weighted by atomic mass is 9.84. The molecule has 1 aliphatic heterocycles. The van der Waals surface area contributed by atoms with Crippen LogP contribution in [0.15, 0.2) is 10.4 Å². The molecule has 2 rings (SSSR count). The van der Waals surface area contributed by atoms with E-state index < -0.39 is 0 Å². The van der Waals surface area contributed by atoms with E-state index in [2.05, 4.69) is 46.8 Å². The number of aliphatic hydroxyl groups is 1. The summed E-state index contributed by atoms with van der Waals surface area (Å²) < 4.78 is 5.54. The van der Waals surface area contributed by atoms with Crippen LogP contribution in [-0.4, -0.2) is 49.0 Å². The number of aliphatic imine (C=N–C) groups is 1. The molecule has 0 bridgehead atoms. The molecule has 1 aliphatic rings. The van der Waals surface area contributed by atoms with Gasteiger partial charge in [0.25, 0.3) is 0 Å². The van der Waals surface area contributed by atoms with Gasteiger partial charge in [0.2, 0.25) is 0 Å². The normalized spacial score (nSPS) is 20.6. The number of aromatic nitrogens is 1.